The monoisotopic (exact) mass is 415 g/mol. The van der Waals surface area contributed by atoms with Crippen molar-refractivity contribution in [3.05, 3.63) is 59.7 Å². The van der Waals surface area contributed by atoms with Crippen LogP contribution in [0.5, 0.6) is 5.75 Å². The molecule has 0 saturated carbocycles. The molecule has 2 aromatic rings. The van der Waals surface area contributed by atoms with Crippen LogP contribution in [-0.4, -0.2) is 31.6 Å². The first-order valence-corrected chi connectivity index (χ1v) is 10.9. The second-order valence-corrected chi connectivity index (χ2v) is 8.83. The van der Waals surface area contributed by atoms with Crippen LogP contribution >= 0.6 is 0 Å². The van der Waals surface area contributed by atoms with Crippen LogP contribution in [0.25, 0.3) is 0 Å². The molecule has 0 fully saturated rings. The summed E-state index contributed by atoms with van der Waals surface area (Å²) in [5.74, 6) is 0.386. The van der Waals surface area contributed by atoms with Crippen LogP contribution < -0.4 is 9.50 Å². The molecule has 0 aliphatic rings. The normalized spacial score (nSPS) is 11.0. The first-order chi connectivity index (χ1) is 13.7. The lowest BCUT2D eigenvalue weighted by molar-refractivity contribution is 0.201. The molecule has 2 rings (SSSR count). The Labute approximate surface area is 172 Å². The van der Waals surface area contributed by atoms with E-state index in [-0.39, 0.29) is 23.5 Å². The van der Waals surface area contributed by atoms with E-state index in [0.29, 0.717) is 24.3 Å². The van der Waals surface area contributed by atoms with E-state index in [2.05, 4.69) is 5.32 Å². The molecule has 0 aliphatic heterocycles. The molecule has 0 spiro atoms. The van der Waals surface area contributed by atoms with Crippen LogP contribution in [0.15, 0.2) is 48.5 Å². The van der Waals surface area contributed by atoms with Crippen molar-refractivity contribution in [3.63, 3.8) is 0 Å². The molecule has 7 nitrogen and oxygen atoms in total. The van der Waals surface area contributed by atoms with Gasteiger partial charge in [-0.1, -0.05) is 32.0 Å². The third-order valence-corrected chi connectivity index (χ3v) is 5.14. The van der Waals surface area contributed by atoms with Crippen molar-refractivity contribution in [2.45, 2.75) is 27.3 Å². The summed E-state index contributed by atoms with van der Waals surface area (Å²) in [6.45, 7) is 6.43. The quantitative estimate of drug-likeness (QED) is 0.658. The van der Waals surface area contributed by atoms with Gasteiger partial charge in [-0.3, -0.25) is 0 Å². The van der Waals surface area contributed by atoms with Gasteiger partial charge in [0.25, 0.3) is 0 Å². The van der Waals surface area contributed by atoms with Gasteiger partial charge in [-0.05, 0) is 48.7 Å². The molecule has 2 aromatic carbocycles. The Morgan fingerprint density at radius 2 is 1.90 bits per heavy atom. The van der Waals surface area contributed by atoms with E-state index < -0.39 is 10.1 Å². The molecule has 0 bridgehead atoms. The van der Waals surface area contributed by atoms with E-state index in [1.54, 1.807) is 53.4 Å². The van der Waals surface area contributed by atoms with Crippen molar-refractivity contribution in [2.24, 2.45) is 5.92 Å². The summed E-state index contributed by atoms with van der Waals surface area (Å²) in [6.07, 6.45) is 0. The Balaban J connectivity index is 2.11. The Hall–Kier alpha value is -3.05. The number of rotatable bonds is 8. The predicted octanol–water partition coefficient (Wildman–Crippen LogP) is 3.98. The van der Waals surface area contributed by atoms with Crippen molar-refractivity contribution in [1.82, 2.24) is 4.90 Å². The first kappa shape index (κ1) is 22.2. The number of nitrogens with one attached hydrogen (secondary N) is 1. The average Bonchev–Trinajstić information content (AvgIpc) is 2.68. The number of benzene rings is 2. The highest BCUT2D eigenvalue weighted by atomic mass is 32.2. The van der Waals surface area contributed by atoms with Crippen molar-refractivity contribution < 1.29 is 17.4 Å². The average molecular weight is 416 g/mol. The number of nitriles is 1. The van der Waals surface area contributed by atoms with Crippen molar-refractivity contribution in [2.75, 3.05) is 17.6 Å². The van der Waals surface area contributed by atoms with Gasteiger partial charge < -0.3 is 14.4 Å². The lowest BCUT2D eigenvalue weighted by Gasteiger charge is -2.25. The maximum atomic E-state index is 12.8. The van der Waals surface area contributed by atoms with E-state index in [1.807, 2.05) is 19.9 Å². The van der Waals surface area contributed by atoms with Crippen LogP contribution in [0.1, 0.15) is 31.9 Å². The van der Waals surface area contributed by atoms with Gasteiger partial charge in [-0.15, -0.1) is 0 Å². The molecule has 29 heavy (non-hydrogen) atoms. The number of hydrogen-bond donors (Lipinski definition) is 1. The van der Waals surface area contributed by atoms with E-state index in [9.17, 15) is 13.2 Å². The molecule has 2 amide bonds. The van der Waals surface area contributed by atoms with E-state index in [0.717, 1.165) is 5.56 Å². The van der Waals surface area contributed by atoms with Gasteiger partial charge in [-0.2, -0.15) is 13.7 Å². The lowest BCUT2D eigenvalue weighted by Crippen LogP contribution is -2.37. The molecule has 1 N–H and O–H groups in total. The van der Waals surface area contributed by atoms with E-state index in [1.165, 1.54) is 6.92 Å². The minimum absolute atomic E-state index is 0.107. The number of nitrogens with zero attached hydrogens (tertiary/aromatic N) is 2. The second kappa shape index (κ2) is 9.94. The van der Waals surface area contributed by atoms with Crippen molar-refractivity contribution in [3.8, 4) is 11.8 Å². The Kier molecular flexibility index (Phi) is 7.62. The van der Waals surface area contributed by atoms with Gasteiger partial charge in [0, 0.05) is 18.8 Å². The van der Waals surface area contributed by atoms with Crippen LogP contribution in [0.4, 0.5) is 10.5 Å². The third-order valence-electron chi connectivity index (χ3n) is 3.99. The standard InChI is InChI=1S/C21H25N3O4S/c1-4-29(26,27)28-20-10-8-17(9-11-20)15-24(14-16(2)3)21(25)23-19-7-5-6-18(12-19)13-22/h5-12,16H,4,14-15H2,1-3H3,(H,23,25). The summed E-state index contributed by atoms with van der Waals surface area (Å²) in [5.41, 5.74) is 1.86. The summed E-state index contributed by atoms with van der Waals surface area (Å²) in [5, 5.41) is 11.8. The SMILES string of the molecule is CCS(=O)(=O)Oc1ccc(CN(CC(C)C)C(=O)Nc2cccc(C#N)c2)cc1. The predicted molar refractivity (Wildman–Crippen MR) is 112 cm³/mol. The zero-order valence-electron chi connectivity index (χ0n) is 16.8. The molecule has 0 aliphatic carbocycles. The fraction of sp³-hybridized carbons (Fsp3) is 0.333. The van der Waals surface area contributed by atoms with Gasteiger partial charge in [0.15, 0.2) is 0 Å². The Morgan fingerprint density at radius 1 is 1.21 bits per heavy atom. The number of urea groups is 1. The molecule has 0 saturated heterocycles. The Bertz CT molecular complexity index is 980. The fourth-order valence-electron chi connectivity index (χ4n) is 2.61. The summed E-state index contributed by atoms with van der Waals surface area (Å²) < 4.78 is 28.1. The first-order valence-electron chi connectivity index (χ1n) is 9.29. The number of anilines is 1. The largest absolute Gasteiger partial charge is 0.382 e. The molecule has 0 heterocycles. The van der Waals surface area contributed by atoms with E-state index in [4.69, 9.17) is 9.44 Å². The zero-order chi connectivity index (χ0) is 21.4. The van der Waals surface area contributed by atoms with Crippen LogP contribution in [0.3, 0.4) is 0 Å². The van der Waals surface area contributed by atoms with Gasteiger partial charge >= 0.3 is 16.1 Å². The summed E-state index contributed by atoms with van der Waals surface area (Å²) in [7, 11) is -3.58. The fourth-order valence-corrected chi connectivity index (χ4v) is 3.13. The molecule has 154 valence electrons. The van der Waals surface area contributed by atoms with Crippen LogP contribution in [0.2, 0.25) is 0 Å². The van der Waals surface area contributed by atoms with Gasteiger partial charge in [0.2, 0.25) is 0 Å². The topological polar surface area (TPSA) is 99.5 Å². The summed E-state index contributed by atoms with van der Waals surface area (Å²) >= 11 is 0. The van der Waals surface area contributed by atoms with Crippen molar-refractivity contribution >= 4 is 21.8 Å². The number of amides is 2. The number of carbonyl (C=O) groups excluding carboxylic acids is 1. The minimum Gasteiger partial charge on any atom is -0.382 e. The van der Waals surface area contributed by atoms with Gasteiger partial charge in [0.05, 0.1) is 17.4 Å². The van der Waals surface area contributed by atoms with Gasteiger partial charge in [-0.25, -0.2) is 4.79 Å². The second-order valence-electron chi connectivity index (χ2n) is 6.97. The highest BCUT2D eigenvalue weighted by Crippen LogP contribution is 2.18. The molecular weight excluding hydrogens is 390 g/mol. The Morgan fingerprint density at radius 3 is 2.48 bits per heavy atom. The smallest absolute Gasteiger partial charge is 0.322 e. The van der Waals surface area contributed by atoms with Gasteiger partial charge in [0.1, 0.15) is 5.75 Å². The molecule has 0 unspecified atom stereocenters. The molecular formula is C21H25N3O4S. The molecule has 0 aromatic heterocycles. The maximum absolute atomic E-state index is 12.8. The molecule has 0 atom stereocenters. The van der Waals surface area contributed by atoms with Crippen molar-refractivity contribution in [1.29, 1.82) is 5.26 Å². The number of carbonyl (C=O) groups is 1. The van der Waals surface area contributed by atoms with E-state index >= 15 is 0 Å². The highest BCUT2D eigenvalue weighted by molar-refractivity contribution is 7.87. The zero-order valence-corrected chi connectivity index (χ0v) is 17.6. The molecule has 0 radical (unpaired) electrons. The minimum atomic E-state index is -3.58. The van der Waals surface area contributed by atoms with Crippen LogP contribution in [-0.2, 0) is 16.7 Å². The summed E-state index contributed by atoms with van der Waals surface area (Å²) in [4.78, 5) is 14.4. The molecule has 8 heteroatoms. The highest BCUT2D eigenvalue weighted by Gasteiger charge is 2.16. The lowest BCUT2D eigenvalue weighted by atomic mass is 10.1. The third kappa shape index (κ3) is 7.12. The number of hydrogen-bond acceptors (Lipinski definition) is 5. The summed E-state index contributed by atoms with van der Waals surface area (Å²) in [6, 6.07) is 15.1. The maximum Gasteiger partial charge on any atom is 0.322 e. The van der Waals surface area contributed by atoms with Crippen LogP contribution in [0, 0.1) is 17.2 Å².